The molecule has 4 nitrogen and oxygen atoms in total. The number of halogens is 1. The second kappa shape index (κ2) is 16.3. The first-order valence-corrected chi connectivity index (χ1v) is 25.0. The third kappa shape index (κ3) is 6.83. The van der Waals surface area contributed by atoms with E-state index in [1.165, 1.54) is 28.8 Å². The minimum atomic E-state index is -1.99. The first-order chi connectivity index (χ1) is 27.6. The van der Waals surface area contributed by atoms with Crippen molar-refractivity contribution in [2.45, 2.75) is 132 Å². The summed E-state index contributed by atoms with van der Waals surface area (Å²) in [7, 11) is -1.99. The van der Waals surface area contributed by atoms with Gasteiger partial charge in [-0.3, -0.25) is 9.59 Å². The van der Waals surface area contributed by atoms with Crippen LogP contribution in [0, 0.1) is 68.5 Å². The number of carbonyl (C=O) groups excluding carboxylic acids is 1. The van der Waals surface area contributed by atoms with E-state index in [1.807, 2.05) is 0 Å². The monoisotopic (exact) mass is 882 g/mol. The molecule has 11 atom stereocenters. The van der Waals surface area contributed by atoms with E-state index >= 15 is 0 Å². The maximum Gasteiger partial charge on any atom is 0.309 e. The van der Waals surface area contributed by atoms with Gasteiger partial charge in [-0.15, -0.1) is 0 Å². The summed E-state index contributed by atoms with van der Waals surface area (Å²) in [5.41, 5.74) is -0.353. The van der Waals surface area contributed by atoms with Crippen molar-refractivity contribution in [2.24, 2.45) is 68.5 Å². The first kappa shape index (κ1) is 44.6. The quantitative estimate of drug-likeness (QED) is 0.164. The average Bonchev–Trinajstić information content (AvgIpc) is 3.61. The van der Waals surface area contributed by atoms with Crippen molar-refractivity contribution in [1.29, 1.82) is 0 Å². The summed E-state index contributed by atoms with van der Waals surface area (Å²) in [6.45, 7) is 19.1. The van der Waals surface area contributed by atoms with E-state index in [2.05, 4.69) is 139 Å². The van der Waals surface area contributed by atoms with E-state index in [0.717, 1.165) is 63.9 Å². The number of rotatable bonds is 10. The number of aliphatic carboxylic acids is 1. The van der Waals surface area contributed by atoms with Gasteiger partial charge >= 0.3 is 11.9 Å². The number of carboxylic acids is 1. The Labute approximate surface area is 367 Å². The van der Waals surface area contributed by atoms with Gasteiger partial charge in [-0.05, 0) is 165 Å². The minimum Gasteiger partial charge on any atom is -1.00 e. The van der Waals surface area contributed by atoms with E-state index in [9.17, 15) is 14.7 Å². The molecule has 5 aliphatic carbocycles. The minimum absolute atomic E-state index is 0. The van der Waals surface area contributed by atoms with Crippen LogP contribution in [0.5, 0.6) is 0 Å². The van der Waals surface area contributed by atoms with Gasteiger partial charge in [0.2, 0.25) is 0 Å². The zero-order chi connectivity index (χ0) is 41.3. The van der Waals surface area contributed by atoms with Crippen LogP contribution in [0.25, 0.3) is 0 Å². The standard InChI is InChI=1S/C53H71O4P.BrH/c1-36(2)42-28-31-53(48(55)56)33-32-51(7)43(46(42)53)26-27-45-50(6)35-38(47(57-37(3)54)49(4,5)44(50)29-30-52(45,51)8)19-18-34-58(39-20-12-9-13-21-39,40-22-14-10-15-23-40)41-24-16-11-17-25-41;/h9-17,20-25,36,38,42-47H,18-19,26-35H2,1-8H3;1H/t38-,42-,43?,44?,45?,46?,47-,50-,51+,52+,53-;/m0./s1. The largest absolute Gasteiger partial charge is 1.00 e. The van der Waals surface area contributed by atoms with Gasteiger partial charge in [0.15, 0.2) is 0 Å². The van der Waals surface area contributed by atoms with Crippen LogP contribution in [0.2, 0.25) is 0 Å². The Hall–Kier alpha value is -2.49. The van der Waals surface area contributed by atoms with E-state index in [4.69, 9.17) is 4.74 Å². The van der Waals surface area contributed by atoms with Crippen molar-refractivity contribution in [3.8, 4) is 0 Å². The number of benzene rings is 3. The van der Waals surface area contributed by atoms with Crippen LogP contribution >= 0.6 is 7.26 Å². The number of fused-ring (bicyclic) bond motifs is 7. The SMILES string of the molecule is CC(=O)O[C@H]1[C@@H](CCC[P+](c2ccccc2)(c2ccccc2)c2ccccc2)C[C@@]2(C)C(CC[C@]3(C)C2CCC2C4[C@H](C(C)C)CC[C@]4(C(=O)O)CC[C@]23C)C1(C)C.[Br-]. The van der Waals surface area contributed by atoms with Crippen molar-refractivity contribution in [3.05, 3.63) is 91.0 Å². The highest BCUT2D eigenvalue weighted by molar-refractivity contribution is 7.95. The Bertz CT molecular complexity index is 1850. The summed E-state index contributed by atoms with van der Waals surface area (Å²) >= 11 is 0. The molecule has 59 heavy (non-hydrogen) atoms. The molecule has 5 aliphatic rings. The number of carboxylic acid groups (broad SMARTS) is 1. The lowest BCUT2D eigenvalue weighted by Crippen LogP contribution is -3.00. The van der Waals surface area contributed by atoms with Gasteiger partial charge in [0, 0.05) is 12.3 Å². The summed E-state index contributed by atoms with van der Waals surface area (Å²) < 4.78 is 6.55. The van der Waals surface area contributed by atoms with Gasteiger partial charge in [0.25, 0.3) is 0 Å². The molecule has 0 bridgehead atoms. The highest BCUT2D eigenvalue weighted by Crippen LogP contribution is 2.78. The molecule has 0 aromatic heterocycles. The van der Waals surface area contributed by atoms with Gasteiger partial charge in [0.05, 0.1) is 11.6 Å². The Balaban J connectivity index is 0.00000528. The van der Waals surface area contributed by atoms with Crippen LogP contribution in [-0.4, -0.2) is 29.3 Å². The second-order valence-corrected chi connectivity index (χ2v) is 25.2. The van der Waals surface area contributed by atoms with Crippen LogP contribution in [0.4, 0.5) is 0 Å². The smallest absolute Gasteiger partial charge is 0.309 e. The van der Waals surface area contributed by atoms with Crippen molar-refractivity contribution in [1.82, 2.24) is 0 Å². The van der Waals surface area contributed by atoms with E-state index in [-0.39, 0.29) is 62.6 Å². The number of carbonyl (C=O) groups is 2. The molecule has 320 valence electrons. The second-order valence-electron chi connectivity index (χ2n) is 21.6. The van der Waals surface area contributed by atoms with Crippen LogP contribution < -0.4 is 32.9 Å². The van der Waals surface area contributed by atoms with Crippen molar-refractivity contribution < 1.29 is 36.4 Å². The zero-order valence-corrected chi connectivity index (χ0v) is 39.7. The molecule has 5 saturated carbocycles. The molecule has 0 aliphatic heterocycles. The molecule has 0 spiro atoms. The Morgan fingerprint density at radius 2 is 1.29 bits per heavy atom. The third-order valence-electron chi connectivity index (χ3n) is 18.7. The maximum absolute atomic E-state index is 13.3. The lowest BCUT2D eigenvalue weighted by molar-refractivity contribution is -0.261. The lowest BCUT2D eigenvalue weighted by Gasteiger charge is -2.73. The maximum atomic E-state index is 13.3. The number of hydrogen-bond donors (Lipinski definition) is 1. The van der Waals surface area contributed by atoms with E-state index < -0.39 is 18.6 Å². The highest BCUT2D eigenvalue weighted by Gasteiger charge is 2.73. The van der Waals surface area contributed by atoms with Gasteiger partial charge in [0.1, 0.15) is 29.3 Å². The van der Waals surface area contributed by atoms with Gasteiger partial charge in [-0.25, -0.2) is 0 Å². The molecule has 6 heteroatoms. The number of ether oxygens (including phenoxy) is 1. The third-order valence-corrected chi connectivity index (χ3v) is 23.3. The fraction of sp³-hybridized carbons (Fsp3) is 0.623. The average molecular weight is 884 g/mol. The molecule has 5 fully saturated rings. The molecule has 3 aromatic rings. The molecular weight excluding hydrogens is 811 g/mol. The highest BCUT2D eigenvalue weighted by atomic mass is 79.9. The number of esters is 1. The van der Waals surface area contributed by atoms with Crippen LogP contribution in [0.1, 0.15) is 126 Å². The van der Waals surface area contributed by atoms with Gasteiger partial charge in [-0.1, -0.05) is 103 Å². The summed E-state index contributed by atoms with van der Waals surface area (Å²) in [6, 6.07) is 33.8. The summed E-state index contributed by atoms with van der Waals surface area (Å²) in [6.07, 6.45) is 12.6. The Morgan fingerprint density at radius 1 is 0.729 bits per heavy atom. The zero-order valence-electron chi connectivity index (χ0n) is 37.3. The fourth-order valence-corrected chi connectivity index (χ4v) is 20.6. The van der Waals surface area contributed by atoms with Crippen LogP contribution in [0.3, 0.4) is 0 Å². The summed E-state index contributed by atoms with van der Waals surface area (Å²) in [5, 5.41) is 15.2. The van der Waals surface area contributed by atoms with Crippen LogP contribution in [-0.2, 0) is 14.3 Å². The topological polar surface area (TPSA) is 63.6 Å². The normalized spacial score (nSPS) is 37.2. The molecule has 1 N–H and O–H groups in total. The van der Waals surface area contributed by atoms with Gasteiger partial charge in [-0.2, -0.15) is 0 Å². The molecule has 8 rings (SSSR count). The molecule has 0 amide bonds. The Morgan fingerprint density at radius 3 is 1.80 bits per heavy atom. The molecule has 3 aromatic carbocycles. The lowest BCUT2D eigenvalue weighted by atomic mass is 9.31. The van der Waals surface area contributed by atoms with E-state index in [1.54, 1.807) is 6.92 Å². The predicted molar refractivity (Wildman–Crippen MR) is 240 cm³/mol. The fourth-order valence-electron chi connectivity index (χ4n) is 16.3. The molecule has 0 heterocycles. The van der Waals surface area contributed by atoms with Crippen molar-refractivity contribution in [2.75, 3.05) is 6.16 Å². The summed E-state index contributed by atoms with van der Waals surface area (Å²) in [4.78, 5) is 26.3. The first-order valence-electron chi connectivity index (χ1n) is 23.0. The molecule has 0 saturated heterocycles. The molecule has 0 radical (unpaired) electrons. The molecular formula is C53H72BrO4P. The predicted octanol–water partition coefficient (Wildman–Crippen LogP) is 8.74. The summed E-state index contributed by atoms with van der Waals surface area (Å²) in [5.74, 6) is 2.35. The van der Waals surface area contributed by atoms with Crippen molar-refractivity contribution >= 4 is 35.1 Å². The van der Waals surface area contributed by atoms with Crippen molar-refractivity contribution in [3.63, 3.8) is 0 Å². The van der Waals surface area contributed by atoms with Gasteiger partial charge < -0.3 is 26.8 Å². The number of hydrogen-bond acceptors (Lipinski definition) is 3. The molecule has 4 unspecified atom stereocenters. The Kier molecular flexibility index (Phi) is 12.3. The van der Waals surface area contributed by atoms with E-state index in [0.29, 0.717) is 29.6 Å². The van der Waals surface area contributed by atoms with Crippen LogP contribution in [0.15, 0.2) is 91.0 Å².